The topological polar surface area (TPSA) is 68.1 Å². The van der Waals surface area contributed by atoms with Gasteiger partial charge in [0, 0.05) is 6.20 Å². The van der Waals surface area contributed by atoms with E-state index in [-0.39, 0.29) is 5.41 Å². The molecular formula is C76H51N5O3Pt. The van der Waals surface area contributed by atoms with E-state index in [1.54, 1.807) is 0 Å². The summed E-state index contributed by atoms with van der Waals surface area (Å²) in [7, 11) is 0. The van der Waals surface area contributed by atoms with Gasteiger partial charge in [0.25, 0.3) is 0 Å². The SMILES string of the molecule is CC(C)(C)c1ccnc(-n2c3ccccc3c3ccc(Oc4cccc(-n5[c](=[Pt])n(-c6c(-c7cccc8c7oc7ccccc78)cc(-n7c8ccccc8c8ccccc87)cc6-c6cccc7c6oc6ccccc67)c6ccccc65)c4)cc32)c1. The van der Waals surface area contributed by atoms with Gasteiger partial charge in [0.15, 0.2) is 0 Å². The van der Waals surface area contributed by atoms with E-state index in [0.29, 0.717) is 5.75 Å². The van der Waals surface area contributed by atoms with E-state index in [9.17, 15) is 0 Å². The maximum atomic E-state index is 7.03. The van der Waals surface area contributed by atoms with E-state index in [1.807, 2.05) is 24.4 Å². The van der Waals surface area contributed by atoms with E-state index in [1.165, 1.54) is 16.3 Å². The van der Waals surface area contributed by atoms with Crippen LogP contribution < -0.4 is 4.74 Å². The number of imidazole rings is 1. The Kier molecular flexibility index (Phi) is 11.0. The first-order valence-electron chi connectivity index (χ1n) is 28.7. The summed E-state index contributed by atoms with van der Waals surface area (Å²) in [6, 6.07) is 88.4. The first kappa shape index (κ1) is 49.3. The Morgan fingerprint density at radius 2 is 0.847 bits per heavy atom. The van der Waals surface area contributed by atoms with Crippen LogP contribution in [0.15, 0.2) is 264 Å². The molecule has 8 nitrogen and oxygen atoms in total. The quantitative estimate of drug-likeness (QED) is 0.152. The van der Waals surface area contributed by atoms with Crippen LogP contribution in [0.25, 0.3) is 144 Å². The molecule has 0 amide bonds. The molecule has 11 aromatic carbocycles. The Hall–Kier alpha value is -10.3. The number of aromatic nitrogens is 5. The summed E-state index contributed by atoms with van der Waals surface area (Å²) in [5.74, 6) is 2.30. The number of pyridine rings is 1. The molecule has 17 rings (SSSR count). The van der Waals surface area contributed by atoms with Gasteiger partial charge in [-0.05, 0) is 17.0 Å². The molecule has 0 saturated carbocycles. The molecule has 0 radical (unpaired) electrons. The summed E-state index contributed by atoms with van der Waals surface area (Å²) in [4.78, 5) is 4.94. The van der Waals surface area contributed by atoms with Gasteiger partial charge in [-0.25, -0.2) is 0 Å². The normalized spacial score (nSPS) is 12.2. The van der Waals surface area contributed by atoms with Crippen LogP contribution in [0.1, 0.15) is 26.3 Å². The molecule has 0 fully saturated rings. The summed E-state index contributed by atoms with van der Waals surface area (Å²) in [6.07, 6.45) is 1.92. The van der Waals surface area contributed by atoms with Crippen LogP contribution >= 0.6 is 0 Å². The van der Waals surface area contributed by atoms with Gasteiger partial charge in [-0.3, -0.25) is 0 Å². The first-order valence-corrected chi connectivity index (χ1v) is 29.8. The van der Waals surface area contributed by atoms with E-state index in [2.05, 4.69) is 289 Å². The number of rotatable bonds is 8. The minimum atomic E-state index is -0.0459. The van der Waals surface area contributed by atoms with Crippen LogP contribution in [0.5, 0.6) is 11.5 Å². The second kappa shape index (κ2) is 18.9. The van der Waals surface area contributed by atoms with E-state index in [4.69, 9.17) is 18.6 Å². The zero-order valence-corrected chi connectivity index (χ0v) is 48.8. The molecule has 0 aliphatic rings. The van der Waals surface area contributed by atoms with Crippen LogP contribution in [0.4, 0.5) is 0 Å². The van der Waals surface area contributed by atoms with Crippen molar-refractivity contribution in [2.45, 2.75) is 26.2 Å². The Labute approximate surface area is 498 Å². The molecule has 0 unspecified atom stereocenters. The second-order valence-electron chi connectivity index (χ2n) is 23.0. The van der Waals surface area contributed by atoms with Gasteiger partial charge in [0.05, 0.1) is 0 Å². The predicted octanol–water partition coefficient (Wildman–Crippen LogP) is 20.3. The van der Waals surface area contributed by atoms with Crippen molar-refractivity contribution in [3.05, 3.63) is 264 Å². The number of benzene rings is 11. The van der Waals surface area contributed by atoms with Gasteiger partial charge in [0.2, 0.25) is 0 Å². The number of hydrogen-bond donors (Lipinski definition) is 0. The molecule has 9 heteroatoms. The van der Waals surface area contributed by atoms with Crippen molar-refractivity contribution in [3.8, 4) is 56.6 Å². The van der Waals surface area contributed by atoms with Crippen LogP contribution in [-0.4, -0.2) is 23.3 Å². The molecule has 85 heavy (non-hydrogen) atoms. The molecule has 0 atom stereocenters. The molecule has 6 heterocycles. The van der Waals surface area contributed by atoms with Crippen LogP contribution in [-0.2, 0) is 24.8 Å². The van der Waals surface area contributed by atoms with E-state index in [0.717, 1.165) is 142 Å². The van der Waals surface area contributed by atoms with Gasteiger partial charge in [-0.2, -0.15) is 0 Å². The third kappa shape index (κ3) is 7.65. The molecule has 0 aliphatic heterocycles. The van der Waals surface area contributed by atoms with Gasteiger partial charge in [-0.1, -0.05) is 32.9 Å². The van der Waals surface area contributed by atoms with Crippen molar-refractivity contribution in [1.82, 2.24) is 23.3 Å². The summed E-state index contributed by atoms with van der Waals surface area (Å²) in [5.41, 5.74) is 17.7. The summed E-state index contributed by atoms with van der Waals surface area (Å²) in [5, 5.41) is 8.90. The number of nitrogens with zero attached hydrogens (tertiary/aromatic N) is 5. The summed E-state index contributed by atoms with van der Waals surface area (Å²) >= 11 is 2.54. The fourth-order valence-electron chi connectivity index (χ4n) is 13.2. The van der Waals surface area contributed by atoms with Gasteiger partial charge >= 0.3 is 446 Å². The molecule has 0 aliphatic carbocycles. The van der Waals surface area contributed by atoms with Crippen LogP contribution in [0.2, 0.25) is 0 Å². The third-order valence-corrected chi connectivity index (χ3v) is 18.1. The third-order valence-electron chi connectivity index (χ3n) is 17.0. The second-order valence-corrected chi connectivity index (χ2v) is 24.0. The number of furan rings is 2. The monoisotopic (exact) mass is 1280 g/mol. The molecule has 0 spiro atoms. The summed E-state index contributed by atoms with van der Waals surface area (Å²) < 4.78 is 31.5. The zero-order valence-electron chi connectivity index (χ0n) is 46.5. The molecule has 0 bridgehead atoms. The Morgan fingerprint density at radius 3 is 1.44 bits per heavy atom. The number of hydrogen-bond acceptors (Lipinski definition) is 4. The standard InChI is InChI=1S/C76H51N5O3.Pt/c1-76(2,3)47-39-40-77-72(41-47)81-66-32-11-6-23-54(66)55-38-37-51(45-69(55)81)82-50-20-16-19-48(42-50)78-46-79(68-34-13-12-33-67(68)78)73-62(60-28-17-26-58-56-24-7-14-35-70(56)83-74(58)60)43-49(80-64-30-9-4-21-52(64)53-22-5-10-31-65(53)80)44-63(73)61-29-18-27-59-57-25-8-15-36-71(57)84-75(59)61;/h4-45H,1-3H3;. The average Bonchev–Trinajstić information content (AvgIpc) is 2.86. The maximum absolute atomic E-state index is 7.03. The van der Waals surface area contributed by atoms with Crippen molar-refractivity contribution in [2.75, 3.05) is 0 Å². The van der Waals surface area contributed by atoms with Crippen molar-refractivity contribution in [2.24, 2.45) is 0 Å². The van der Waals surface area contributed by atoms with Crippen LogP contribution in [0, 0.1) is 3.80 Å². The molecule has 0 saturated heterocycles. The zero-order chi connectivity index (χ0) is 56.7. The first-order chi connectivity index (χ1) is 41.7. The average molecular weight is 1280 g/mol. The van der Waals surface area contributed by atoms with E-state index < -0.39 is 0 Å². The molecule has 6 aromatic heterocycles. The Bertz CT molecular complexity index is 5490. The fourth-order valence-corrected chi connectivity index (χ4v) is 14.3. The predicted molar refractivity (Wildman–Crippen MR) is 343 cm³/mol. The number of para-hydroxylation sites is 9. The van der Waals surface area contributed by atoms with E-state index >= 15 is 0 Å². The van der Waals surface area contributed by atoms with Gasteiger partial charge in [-0.15, -0.1) is 0 Å². The van der Waals surface area contributed by atoms with Crippen molar-refractivity contribution in [1.29, 1.82) is 0 Å². The van der Waals surface area contributed by atoms with Crippen molar-refractivity contribution < 1.29 is 32.9 Å². The fraction of sp³-hybridized carbons (Fsp3) is 0.0526. The summed E-state index contributed by atoms with van der Waals surface area (Å²) in [6.45, 7) is 6.72. The molecule has 0 N–H and O–H groups in total. The van der Waals surface area contributed by atoms with Gasteiger partial charge < -0.3 is 0 Å². The molecular weight excluding hydrogens is 1230 g/mol. The molecule has 17 aromatic rings. The minimum absolute atomic E-state index is 0.0459. The Morgan fingerprint density at radius 1 is 0.365 bits per heavy atom. The van der Waals surface area contributed by atoms with Crippen molar-refractivity contribution in [3.63, 3.8) is 0 Å². The number of fused-ring (bicyclic) bond motifs is 13. The van der Waals surface area contributed by atoms with Gasteiger partial charge in [0.1, 0.15) is 0 Å². The Balaban J connectivity index is 0.914. The number of ether oxygens (including phenoxy) is 1. The van der Waals surface area contributed by atoms with Crippen molar-refractivity contribution >= 4 is 98.5 Å². The molecule has 408 valence electrons. The van der Waals surface area contributed by atoms with Crippen LogP contribution in [0.3, 0.4) is 0 Å².